The molecule has 2 atom stereocenters. The van der Waals surface area contributed by atoms with Crippen molar-refractivity contribution in [1.82, 2.24) is 14.8 Å². The summed E-state index contributed by atoms with van der Waals surface area (Å²) in [4.78, 5) is 21.8. The Balaban J connectivity index is 0.910. The SMILES string of the molecule is O=C(Nc1ccc(N2CCN(c3ccc(OC[C@@H]4CO[C@@](Cn5cncn5)(c5ccc(Cl)cc5Cl)O4)cc3)CC2)cc1)c1cccs1. The fourth-order valence-electron chi connectivity index (χ4n) is 5.80. The largest absolute Gasteiger partial charge is 0.491 e. The van der Waals surface area contributed by atoms with Crippen LogP contribution in [0.1, 0.15) is 15.2 Å². The molecule has 0 spiro atoms. The van der Waals surface area contributed by atoms with Crippen molar-refractivity contribution in [3.63, 3.8) is 0 Å². The first kappa shape index (κ1) is 31.5. The monoisotopic (exact) mass is 690 g/mol. The molecule has 0 aliphatic carbocycles. The van der Waals surface area contributed by atoms with Gasteiger partial charge >= 0.3 is 0 Å². The highest BCUT2D eigenvalue weighted by molar-refractivity contribution is 7.12. The van der Waals surface area contributed by atoms with Gasteiger partial charge in [0.05, 0.1) is 16.5 Å². The molecule has 47 heavy (non-hydrogen) atoms. The number of amides is 1. The quantitative estimate of drug-likeness (QED) is 0.176. The van der Waals surface area contributed by atoms with Gasteiger partial charge < -0.3 is 29.3 Å². The average molecular weight is 692 g/mol. The molecule has 2 aliphatic rings. The third-order valence-electron chi connectivity index (χ3n) is 8.19. The Labute approximate surface area is 286 Å². The first-order valence-corrected chi connectivity index (χ1v) is 16.9. The number of rotatable bonds is 10. The number of thiophene rings is 1. The molecule has 1 N–H and O–H groups in total. The second kappa shape index (κ2) is 13.9. The molecule has 1 amide bonds. The molecule has 3 aromatic carbocycles. The van der Waals surface area contributed by atoms with Crippen LogP contribution in [-0.4, -0.2) is 66.2 Å². The number of aromatic nitrogens is 3. The van der Waals surface area contributed by atoms with E-state index in [-0.39, 0.29) is 18.6 Å². The van der Waals surface area contributed by atoms with Crippen molar-refractivity contribution < 1.29 is 19.0 Å². The molecule has 4 heterocycles. The maximum atomic E-state index is 12.3. The number of carbonyl (C=O) groups excluding carboxylic acids is 1. The van der Waals surface area contributed by atoms with E-state index < -0.39 is 5.79 Å². The first-order valence-electron chi connectivity index (χ1n) is 15.2. The molecular weight excluding hydrogens is 659 g/mol. The molecule has 2 saturated heterocycles. The van der Waals surface area contributed by atoms with Crippen molar-refractivity contribution in [2.45, 2.75) is 18.4 Å². The van der Waals surface area contributed by atoms with Gasteiger partial charge in [-0.25, -0.2) is 9.67 Å². The summed E-state index contributed by atoms with van der Waals surface area (Å²) in [5.41, 5.74) is 3.75. The van der Waals surface area contributed by atoms with Crippen LogP contribution in [0.5, 0.6) is 5.75 Å². The minimum absolute atomic E-state index is 0.0837. The summed E-state index contributed by atoms with van der Waals surface area (Å²) >= 11 is 14.2. The molecule has 2 fully saturated rings. The van der Waals surface area contributed by atoms with Crippen molar-refractivity contribution >= 4 is 57.5 Å². The summed E-state index contributed by atoms with van der Waals surface area (Å²) in [6, 6.07) is 25.1. The molecule has 10 nitrogen and oxygen atoms in total. The maximum Gasteiger partial charge on any atom is 0.265 e. The lowest BCUT2D eigenvalue weighted by molar-refractivity contribution is -0.190. The second-order valence-corrected chi connectivity index (χ2v) is 13.1. The third-order valence-corrected chi connectivity index (χ3v) is 9.61. The van der Waals surface area contributed by atoms with Gasteiger partial charge in [-0.3, -0.25) is 4.79 Å². The number of carbonyl (C=O) groups is 1. The van der Waals surface area contributed by atoms with Crippen LogP contribution in [-0.2, 0) is 21.8 Å². The van der Waals surface area contributed by atoms with Gasteiger partial charge in [-0.2, -0.15) is 5.10 Å². The van der Waals surface area contributed by atoms with Gasteiger partial charge in [0.1, 0.15) is 37.7 Å². The molecule has 2 aromatic heterocycles. The lowest BCUT2D eigenvalue weighted by atomic mass is 10.1. The van der Waals surface area contributed by atoms with Gasteiger partial charge in [0.15, 0.2) is 0 Å². The zero-order valence-corrected chi connectivity index (χ0v) is 27.6. The van der Waals surface area contributed by atoms with E-state index in [0.29, 0.717) is 33.7 Å². The van der Waals surface area contributed by atoms with E-state index in [0.717, 1.165) is 49.0 Å². The van der Waals surface area contributed by atoms with E-state index in [9.17, 15) is 4.79 Å². The Morgan fingerprint density at radius 3 is 2.34 bits per heavy atom. The van der Waals surface area contributed by atoms with Crippen LogP contribution in [0, 0.1) is 0 Å². The number of nitrogens with zero attached hydrogens (tertiary/aromatic N) is 5. The molecule has 0 saturated carbocycles. The Morgan fingerprint density at radius 2 is 1.70 bits per heavy atom. The van der Waals surface area contributed by atoms with Crippen LogP contribution in [0.2, 0.25) is 10.0 Å². The standard InChI is InChI=1S/C34H32Cl2N6O4S/c35-24-3-12-30(31(36)18-24)34(21-42-23-37-22-38-42)45-20-29(46-34)19-44-28-10-8-27(9-11-28)41-15-13-40(14-16-41)26-6-4-25(5-7-26)39-33(43)32-2-1-17-47-32/h1-12,17-18,22-23,29H,13-16,19-21H2,(H,39,43)/t29-,34-/m1/s1. The third kappa shape index (κ3) is 7.24. The average Bonchev–Trinajstić information content (AvgIpc) is 3.89. The van der Waals surface area contributed by atoms with Gasteiger partial charge in [0, 0.05) is 53.8 Å². The van der Waals surface area contributed by atoms with Crippen molar-refractivity contribution in [2.75, 3.05) is 54.5 Å². The summed E-state index contributed by atoms with van der Waals surface area (Å²) in [5.74, 6) is -0.488. The first-order chi connectivity index (χ1) is 22.9. The zero-order valence-electron chi connectivity index (χ0n) is 25.3. The number of nitrogens with one attached hydrogen (secondary N) is 1. The highest BCUT2D eigenvalue weighted by Crippen LogP contribution is 2.40. The predicted octanol–water partition coefficient (Wildman–Crippen LogP) is 6.57. The number of ether oxygens (including phenoxy) is 3. The van der Waals surface area contributed by atoms with E-state index in [4.69, 9.17) is 37.4 Å². The number of anilines is 3. The highest BCUT2D eigenvalue weighted by atomic mass is 35.5. The number of hydrogen-bond acceptors (Lipinski definition) is 9. The van der Waals surface area contributed by atoms with E-state index in [1.807, 2.05) is 47.8 Å². The van der Waals surface area contributed by atoms with Crippen LogP contribution in [0.4, 0.5) is 17.1 Å². The van der Waals surface area contributed by atoms with E-state index in [1.54, 1.807) is 23.1 Å². The van der Waals surface area contributed by atoms with Crippen molar-refractivity contribution in [2.24, 2.45) is 0 Å². The van der Waals surface area contributed by atoms with Crippen LogP contribution in [0.25, 0.3) is 0 Å². The molecule has 13 heteroatoms. The Kier molecular flexibility index (Phi) is 9.32. The van der Waals surface area contributed by atoms with Crippen LogP contribution >= 0.6 is 34.5 Å². The van der Waals surface area contributed by atoms with E-state index in [2.05, 4.69) is 49.5 Å². The number of halogens is 2. The molecule has 2 aliphatic heterocycles. The Morgan fingerprint density at radius 1 is 0.979 bits per heavy atom. The van der Waals surface area contributed by atoms with Crippen LogP contribution in [0.3, 0.4) is 0 Å². The van der Waals surface area contributed by atoms with Gasteiger partial charge in [-0.05, 0) is 72.1 Å². The van der Waals surface area contributed by atoms with Crippen molar-refractivity contribution in [3.8, 4) is 5.75 Å². The summed E-state index contributed by atoms with van der Waals surface area (Å²) in [7, 11) is 0. The normalized spacial score (nSPS) is 19.6. The van der Waals surface area contributed by atoms with Crippen molar-refractivity contribution in [1.29, 1.82) is 0 Å². The van der Waals surface area contributed by atoms with E-state index >= 15 is 0 Å². The second-order valence-electron chi connectivity index (χ2n) is 11.3. The molecule has 0 unspecified atom stereocenters. The van der Waals surface area contributed by atoms with Crippen LogP contribution in [0.15, 0.2) is 96.9 Å². The topological polar surface area (TPSA) is 94.0 Å². The fourth-order valence-corrected chi connectivity index (χ4v) is 6.97. The highest BCUT2D eigenvalue weighted by Gasteiger charge is 2.45. The van der Waals surface area contributed by atoms with Gasteiger partial charge in [-0.15, -0.1) is 11.3 Å². The molecular formula is C34H32Cl2N6O4S. The lowest BCUT2D eigenvalue weighted by Gasteiger charge is -2.37. The van der Waals surface area contributed by atoms with Gasteiger partial charge in [-0.1, -0.05) is 35.3 Å². The predicted molar refractivity (Wildman–Crippen MR) is 184 cm³/mol. The zero-order chi connectivity index (χ0) is 32.2. The molecule has 7 rings (SSSR count). The smallest absolute Gasteiger partial charge is 0.265 e. The molecule has 5 aromatic rings. The summed E-state index contributed by atoms with van der Waals surface area (Å²) in [5, 5.41) is 10.1. The molecule has 0 bridgehead atoms. The Hall–Kier alpha value is -4.13. The van der Waals surface area contributed by atoms with Gasteiger partial charge in [0.2, 0.25) is 5.79 Å². The number of hydrogen-bond donors (Lipinski definition) is 1. The summed E-state index contributed by atoms with van der Waals surface area (Å²) < 4.78 is 20.5. The van der Waals surface area contributed by atoms with Gasteiger partial charge in [0.25, 0.3) is 5.91 Å². The van der Waals surface area contributed by atoms with E-state index in [1.165, 1.54) is 17.7 Å². The van der Waals surface area contributed by atoms with Crippen molar-refractivity contribution in [3.05, 3.63) is 117 Å². The maximum absolute atomic E-state index is 12.3. The lowest BCUT2D eigenvalue weighted by Crippen LogP contribution is -2.46. The minimum Gasteiger partial charge on any atom is -0.491 e. The number of benzene rings is 3. The molecule has 242 valence electrons. The molecule has 0 radical (unpaired) electrons. The summed E-state index contributed by atoms with van der Waals surface area (Å²) in [6.07, 6.45) is 2.74. The van der Waals surface area contributed by atoms with Crippen LogP contribution < -0.4 is 19.9 Å². The Bertz CT molecular complexity index is 1780. The summed E-state index contributed by atoms with van der Waals surface area (Å²) in [6.45, 7) is 4.48. The fraction of sp³-hybridized carbons (Fsp3) is 0.265. The minimum atomic E-state index is -1.16. The number of piperazine rings is 1.